The molecule has 0 amide bonds. The molecule has 1 aromatic carbocycles. The largest absolute Gasteiger partial charge is 0.386 e. The van der Waals surface area contributed by atoms with Gasteiger partial charge in [-0.3, -0.25) is 4.79 Å². The average molecular weight is 297 g/mol. The summed E-state index contributed by atoms with van der Waals surface area (Å²) >= 11 is 0. The molecule has 0 aliphatic rings. The molecule has 0 saturated carbocycles. The van der Waals surface area contributed by atoms with Gasteiger partial charge < -0.3 is 9.67 Å². The van der Waals surface area contributed by atoms with Gasteiger partial charge >= 0.3 is 0 Å². The molecule has 1 aromatic heterocycles. The first kappa shape index (κ1) is 15.3. The molecule has 112 valence electrons. The lowest BCUT2D eigenvalue weighted by molar-refractivity contribution is 0.0769. The third-order valence-corrected chi connectivity index (χ3v) is 3.18. The maximum atomic E-state index is 13.9. The van der Waals surface area contributed by atoms with E-state index in [-0.39, 0.29) is 11.3 Å². The number of benzene rings is 1. The summed E-state index contributed by atoms with van der Waals surface area (Å²) in [7, 11) is 0. The minimum absolute atomic E-state index is 0.0252. The summed E-state index contributed by atoms with van der Waals surface area (Å²) in [5.41, 5.74) is -1.74. The van der Waals surface area contributed by atoms with Gasteiger partial charge in [0.25, 0.3) is 0 Å². The third-order valence-electron chi connectivity index (χ3n) is 3.18. The normalized spacial score (nSPS) is 11.8. The van der Waals surface area contributed by atoms with Gasteiger partial charge in [0.2, 0.25) is 0 Å². The Morgan fingerprint density at radius 3 is 2.33 bits per heavy atom. The molecular formula is C15H14F3NO2. The molecule has 1 heterocycles. The highest BCUT2D eigenvalue weighted by Gasteiger charge is 2.22. The maximum absolute atomic E-state index is 13.9. The highest BCUT2D eigenvalue weighted by Crippen LogP contribution is 2.22. The Balaban J connectivity index is 2.76. The number of aromatic nitrogens is 1. The monoisotopic (exact) mass is 297 g/mol. The molecule has 0 aliphatic heterocycles. The van der Waals surface area contributed by atoms with Crippen LogP contribution in [0.4, 0.5) is 13.2 Å². The van der Waals surface area contributed by atoms with Gasteiger partial charge in [0.05, 0.1) is 11.3 Å². The number of nitrogens with zero attached hydrogens (tertiary/aromatic N) is 1. The van der Waals surface area contributed by atoms with Gasteiger partial charge in [-0.2, -0.15) is 0 Å². The number of rotatable bonds is 2. The second kappa shape index (κ2) is 5.04. The molecule has 2 rings (SSSR count). The van der Waals surface area contributed by atoms with Crippen LogP contribution in [0.25, 0.3) is 5.69 Å². The fourth-order valence-corrected chi connectivity index (χ4v) is 2.05. The average Bonchev–Trinajstić information content (AvgIpc) is 2.36. The van der Waals surface area contributed by atoms with Crippen LogP contribution in [0, 0.1) is 24.4 Å². The second-order valence-corrected chi connectivity index (χ2v) is 5.32. The molecule has 1 N–H and O–H groups in total. The van der Waals surface area contributed by atoms with Crippen LogP contribution in [0.5, 0.6) is 0 Å². The minimum atomic E-state index is -1.59. The van der Waals surface area contributed by atoms with Crippen LogP contribution < -0.4 is 5.43 Å². The highest BCUT2D eigenvalue weighted by molar-refractivity contribution is 5.38. The predicted molar refractivity (Wildman–Crippen MR) is 71.9 cm³/mol. The van der Waals surface area contributed by atoms with Crippen LogP contribution in [0.15, 0.2) is 29.2 Å². The van der Waals surface area contributed by atoms with Crippen molar-refractivity contribution in [3.05, 3.63) is 63.3 Å². The molecule has 0 spiro atoms. The molecule has 0 radical (unpaired) electrons. The Morgan fingerprint density at radius 2 is 1.76 bits per heavy atom. The predicted octanol–water partition coefficient (Wildman–Crippen LogP) is 2.79. The fourth-order valence-electron chi connectivity index (χ4n) is 2.05. The molecular weight excluding hydrogens is 283 g/mol. The molecule has 21 heavy (non-hydrogen) atoms. The topological polar surface area (TPSA) is 42.2 Å². The van der Waals surface area contributed by atoms with E-state index in [9.17, 15) is 23.1 Å². The van der Waals surface area contributed by atoms with Crippen LogP contribution in [0.3, 0.4) is 0 Å². The zero-order valence-corrected chi connectivity index (χ0v) is 11.7. The van der Waals surface area contributed by atoms with Gasteiger partial charge in [0.1, 0.15) is 0 Å². The van der Waals surface area contributed by atoms with Gasteiger partial charge in [-0.25, -0.2) is 13.2 Å². The van der Waals surface area contributed by atoms with Crippen LogP contribution in [0.1, 0.15) is 25.1 Å². The van der Waals surface area contributed by atoms with Gasteiger partial charge in [-0.15, -0.1) is 0 Å². The van der Waals surface area contributed by atoms with Crippen molar-refractivity contribution in [1.29, 1.82) is 0 Å². The van der Waals surface area contributed by atoms with Crippen molar-refractivity contribution in [2.75, 3.05) is 0 Å². The molecule has 6 heteroatoms. The first-order chi connectivity index (χ1) is 9.62. The Labute approximate surface area is 119 Å². The van der Waals surface area contributed by atoms with E-state index in [0.29, 0.717) is 5.69 Å². The number of halogens is 3. The van der Waals surface area contributed by atoms with Gasteiger partial charge in [-0.05, 0) is 32.9 Å². The fraction of sp³-hybridized carbons (Fsp3) is 0.267. The first-order valence-electron chi connectivity index (χ1n) is 6.23. The van der Waals surface area contributed by atoms with Crippen molar-refractivity contribution in [3.63, 3.8) is 0 Å². The van der Waals surface area contributed by atoms with Crippen LogP contribution in [-0.4, -0.2) is 9.67 Å². The van der Waals surface area contributed by atoms with Crippen molar-refractivity contribution >= 4 is 0 Å². The quantitative estimate of drug-likeness (QED) is 0.866. The SMILES string of the molecule is Cc1cc(=O)c(C(C)(C)O)cn1-c1ccc(F)c(F)c1F. The third kappa shape index (κ3) is 2.71. The minimum Gasteiger partial charge on any atom is -0.386 e. The number of pyridine rings is 1. The molecule has 0 unspecified atom stereocenters. The molecule has 3 nitrogen and oxygen atoms in total. The van der Waals surface area contributed by atoms with E-state index in [1.165, 1.54) is 37.6 Å². The van der Waals surface area contributed by atoms with Crippen LogP contribution in [-0.2, 0) is 5.60 Å². The summed E-state index contributed by atoms with van der Waals surface area (Å²) in [6, 6.07) is 3.07. The van der Waals surface area contributed by atoms with Gasteiger partial charge in [-0.1, -0.05) is 0 Å². The van der Waals surface area contributed by atoms with Gasteiger partial charge in [0, 0.05) is 23.5 Å². The van der Waals surface area contributed by atoms with Crippen LogP contribution >= 0.6 is 0 Å². The number of hydrogen-bond acceptors (Lipinski definition) is 2. The van der Waals surface area contributed by atoms with E-state index in [2.05, 4.69) is 0 Å². The Hall–Kier alpha value is -2.08. The van der Waals surface area contributed by atoms with E-state index < -0.39 is 28.5 Å². The zero-order chi connectivity index (χ0) is 15.9. The highest BCUT2D eigenvalue weighted by atomic mass is 19.2. The Morgan fingerprint density at radius 1 is 1.14 bits per heavy atom. The van der Waals surface area contributed by atoms with Crippen molar-refractivity contribution in [2.24, 2.45) is 0 Å². The zero-order valence-electron chi connectivity index (χ0n) is 11.7. The van der Waals surface area contributed by atoms with E-state index in [1.807, 2.05) is 0 Å². The second-order valence-electron chi connectivity index (χ2n) is 5.32. The number of hydrogen-bond donors (Lipinski definition) is 1. The Kier molecular flexibility index (Phi) is 3.67. The standard InChI is InChI=1S/C15H14F3NO2/c1-8-6-12(20)9(15(2,3)21)7-19(8)11-5-4-10(16)13(17)14(11)18/h4-7,21H,1-3H3. The summed E-state index contributed by atoms with van der Waals surface area (Å²) in [6.45, 7) is 4.34. The molecule has 0 atom stereocenters. The lowest BCUT2D eigenvalue weighted by atomic mass is 9.99. The lowest BCUT2D eigenvalue weighted by Crippen LogP contribution is -2.27. The molecule has 0 saturated heterocycles. The smallest absolute Gasteiger partial charge is 0.196 e. The maximum Gasteiger partial charge on any atom is 0.196 e. The molecule has 0 aliphatic carbocycles. The van der Waals surface area contributed by atoms with E-state index in [0.717, 1.165) is 12.1 Å². The van der Waals surface area contributed by atoms with E-state index in [1.54, 1.807) is 0 Å². The van der Waals surface area contributed by atoms with Crippen molar-refractivity contribution < 1.29 is 18.3 Å². The van der Waals surface area contributed by atoms with Crippen LogP contribution in [0.2, 0.25) is 0 Å². The van der Waals surface area contributed by atoms with E-state index >= 15 is 0 Å². The van der Waals surface area contributed by atoms with Crippen molar-refractivity contribution in [2.45, 2.75) is 26.4 Å². The van der Waals surface area contributed by atoms with Crippen molar-refractivity contribution in [3.8, 4) is 5.69 Å². The summed E-state index contributed by atoms with van der Waals surface area (Å²) in [5.74, 6) is -4.24. The lowest BCUT2D eigenvalue weighted by Gasteiger charge is -2.20. The summed E-state index contributed by atoms with van der Waals surface area (Å²) < 4.78 is 41.4. The van der Waals surface area contributed by atoms with Gasteiger partial charge in [0.15, 0.2) is 22.9 Å². The first-order valence-corrected chi connectivity index (χ1v) is 6.23. The molecule has 0 fully saturated rings. The van der Waals surface area contributed by atoms with E-state index in [4.69, 9.17) is 0 Å². The Bertz CT molecular complexity index is 761. The number of aliphatic hydroxyl groups is 1. The number of aryl methyl sites for hydroxylation is 1. The molecule has 0 bridgehead atoms. The summed E-state index contributed by atoms with van der Waals surface area (Å²) in [6.07, 6.45) is 1.23. The summed E-state index contributed by atoms with van der Waals surface area (Å²) in [4.78, 5) is 11.9. The van der Waals surface area contributed by atoms with Crippen molar-refractivity contribution in [1.82, 2.24) is 4.57 Å². The summed E-state index contributed by atoms with van der Waals surface area (Å²) in [5, 5.41) is 9.96. The molecule has 2 aromatic rings.